The second-order valence-electron chi connectivity index (χ2n) is 9.61. The van der Waals surface area contributed by atoms with Crippen LogP contribution in [0.4, 0.5) is 16.2 Å². The van der Waals surface area contributed by atoms with E-state index in [2.05, 4.69) is 21.3 Å². The lowest BCUT2D eigenvalue weighted by Gasteiger charge is -2.29. The van der Waals surface area contributed by atoms with Gasteiger partial charge in [-0.15, -0.1) is 0 Å². The summed E-state index contributed by atoms with van der Waals surface area (Å²) in [7, 11) is 0. The molecule has 200 valence electrons. The van der Waals surface area contributed by atoms with Crippen LogP contribution in [0.25, 0.3) is 0 Å². The smallest absolute Gasteiger partial charge is 0.319 e. The predicted octanol–water partition coefficient (Wildman–Crippen LogP) is 2.87. The lowest BCUT2D eigenvalue weighted by Crippen LogP contribution is -2.52. The molecule has 0 saturated carbocycles. The molecule has 0 spiro atoms. The number of amides is 5. The first-order chi connectivity index (χ1) is 18.9. The van der Waals surface area contributed by atoms with Gasteiger partial charge in [0.2, 0.25) is 11.8 Å². The lowest BCUT2D eigenvalue weighted by molar-refractivity contribution is -0.136. The van der Waals surface area contributed by atoms with Crippen molar-refractivity contribution in [2.45, 2.75) is 45.1 Å². The molecule has 0 radical (unpaired) electrons. The van der Waals surface area contributed by atoms with E-state index in [9.17, 15) is 24.3 Å². The SMILES string of the molecule is O=C1CCC(N2Cc3cc(CNC(=O)Nc4ccc(NCc5cccc(CO)c5)cc4)ccc3C2=O)C(=O)N1. The van der Waals surface area contributed by atoms with Crippen molar-refractivity contribution in [3.63, 3.8) is 0 Å². The van der Waals surface area contributed by atoms with Crippen molar-refractivity contribution < 1.29 is 24.3 Å². The van der Waals surface area contributed by atoms with Crippen LogP contribution < -0.4 is 21.3 Å². The summed E-state index contributed by atoms with van der Waals surface area (Å²) in [6.07, 6.45) is 0.522. The number of aliphatic hydroxyl groups excluding tert-OH is 1. The average molecular weight is 528 g/mol. The standard InChI is InChI=1S/C29H29N5O5/c35-17-20-3-1-2-18(12-20)14-30-22-5-7-23(8-6-22)32-29(39)31-15-19-4-9-24-21(13-19)16-34(28(24)38)25-10-11-26(36)33-27(25)37/h1-9,12-13,25,30,35H,10-11,14-17H2,(H2,31,32,39)(H,33,36,37). The third-order valence-electron chi connectivity index (χ3n) is 6.85. The predicted molar refractivity (Wildman–Crippen MR) is 144 cm³/mol. The van der Waals surface area contributed by atoms with Crippen LogP contribution in [0.2, 0.25) is 0 Å². The maximum Gasteiger partial charge on any atom is 0.319 e. The summed E-state index contributed by atoms with van der Waals surface area (Å²) in [4.78, 5) is 50.5. The van der Waals surface area contributed by atoms with Crippen molar-refractivity contribution in [2.24, 2.45) is 0 Å². The van der Waals surface area contributed by atoms with Crippen LogP contribution in [0.1, 0.15) is 45.5 Å². The van der Waals surface area contributed by atoms with Crippen molar-refractivity contribution in [1.82, 2.24) is 15.5 Å². The van der Waals surface area contributed by atoms with E-state index in [1.165, 1.54) is 4.90 Å². The van der Waals surface area contributed by atoms with Crippen molar-refractivity contribution in [1.29, 1.82) is 0 Å². The molecule has 10 nitrogen and oxygen atoms in total. The number of urea groups is 1. The summed E-state index contributed by atoms with van der Waals surface area (Å²) in [5, 5.41) is 20.5. The Morgan fingerprint density at radius 1 is 0.923 bits per heavy atom. The van der Waals surface area contributed by atoms with Crippen LogP contribution in [-0.4, -0.2) is 39.8 Å². The highest BCUT2D eigenvalue weighted by Crippen LogP contribution is 2.28. The van der Waals surface area contributed by atoms with Gasteiger partial charge in [0.1, 0.15) is 6.04 Å². The number of aliphatic hydroxyl groups is 1. The first kappa shape index (κ1) is 25.9. The molecule has 0 aliphatic carbocycles. The molecule has 39 heavy (non-hydrogen) atoms. The number of rotatable bonds is 8. The third kappa shape index (κ3) is 6.07. The van der Waals surface area contributed by atoms with Crippen LogP contribution in [0.5, 0.6) is 0 Å². The molecule has 2 aliphatic heterocycles. The fourth-order valence-electron chi connectivity index (χ4n) is 4.81. The Morgan fingerprint density at radius 2 is 1.67 bits per heavy atom. The molecule has 2 aliphatic rings. The zero-order valence-electron chi connectivity index (χ0n) is 21.2. The Morgan fingerprint density at radius 3 is 2.44 bits per heavy atom. The second-order valence-corrected chi connectivity index (χ2v) is 9.61. The van der Waals surface area contributed by atoms with E-state index in [1.807, 2.05) is 42.5 Å². The molecule has 1 saturated heterocycles. The monoisotopic (exact) mass is 527 g/mol. The van der Waals surface area contributed by atoms with Gasteiger partial charge in [-0.2, -0.15) is 0 Å². The van der Waals surface area contributed by atoms with Crippen LogP contribution in [0, 0.1) is 0 Å². The zero-order chi connectivity index (χ0) is 27.4. The fraction of sp³-hybridized carbons (Fsp3) is 0.241. The van der Waals surface area contributed by atoms with E-state index < -0.39 is 11.9 Å². The maximum atomic E-state index is 12.8. The number of nitrogens with one attached hydrogen (secondary N) is 4. The minimum atomic E-state index is -0.658. The summed E-state index contributed by atoms with van der Waals surface area (Å²) in [5.74, 6) is -0.989. The minimum absolute atomic E-state index is 0.00554. The van der Waals surface area contributed by atoms with E-state index in [-0.39, 0.29) is 44.0 Å². The number of piperidine rings is 1. The van der Waals surface area contributed by atoms with Crippen LogP contribution in [0.15, 0.2) is 66.7 Å². The number of anilines is 2. The third-order valence-corrected chi connectivity index (χ3v) is 6.85. The number of carbonyl (C=O) groups is 4. The summed E-state index contributed by atoms with van der Waals surface area (Å²) in [6.45, 7) is 1.16. The molecular weight excluding hydrogens is 498 g/mol. The molecular formula is C29H29N5O5. The van der Waals surface area contributed by atoms with Crippen molar-refractivity contribution >= 4 is 35.1 Å². The molecule has 0 aromatic heterocycles. The summed E-state index contributed by atoms with van der Waals surface area (Å²) in [5.41, 5.74) is 5.60. The molecule has 1 fully saturated rings. The molecule has 1 atom stereocenters. The Bertz CT molecular complexity index is 1420. The average Bonchev–Trinajstić information content (AvgIpc) is 3.27. The summed E-state index contributed by atoms with van der Waals surface area (Å²) >= 11 is 0. The van der Waals surface area contributed by atoms with Crippen molar-refractivity contribution in [3.05, 3.63) is 94.5 Å². The van der Waals surface area contributed by atoms with Crippen LogP contribution >= 0.6 is 0 Å². The Balaban J connectivity index is 1.11. The summed E-state index contributed by atoms with van der Waals surface area (Å²) < 4.78 is 0. The van der Waals surface area contributed by atoms with E-state index in [0.29, 0.717) is 24.2 Å². The van der Waals surface area contributed by atoms with Crippen LogP contribution in [0.3, 0.4) is 0 Å². The van der Waals surface area contributed by atoms with Gasteiger partial charge in [0.25, 0.3) is 5.91 Å². The number of nitrogens with zero attached hydrogens (tertiary/aromatic N) is 1. The Labute approximate surface area is 225 Å². The van der Waals surface area contributed by atoms with Gasteiger partial charge in [0, 0.05) is 43.0 Å². The van der Waals surface area contributed by atoms with Gasteiger partial charge in [0.15, 0.2) is 0 Å². The van der Waals surface area contributed by atoms with Crippen molar-refractivity contribution in [2.75, 3.05) is 10.6 Å². The van der Waals surface area contributed by atoms with E-state index in [0.717, 1.165) is 27.9 Å². The highest BCUT2D eigenvalue weighted by atomic mass is 16.3. The highest BCUT2D eigenvalue weighted by Gasteiger charge is 2.39. The minimum Gasteiger partial charge on any atom is -0.392 e. The number of hydrogen-bond donors (Lipinski definition) is 5. The molecule has 2 heterocycles. The maximum absolute atomic E-state index is 12.8. The van der Waals surface area contributed by atoms with E-state index >= 15 is 0 Å². The molecule has 5 rings (SSSR count). The normalized spacial score (nSPS) is 16.5. The Kier molecular flexibility index (Phi) is 7.55. The topological polar surface area (TPSA) is 140 Å². The molecule has 5 N–H and O–H groups in total. The number of carbonyl (C=O) groups excluding carboxylic acids is 4. The number of imide groups is 1. The van der Waals surface area contributed by atoms with Gasteiger partial charge in [-0.25, -0.2) is 4.79 Å². The molecule has 3 aromatic carbocycles. The Hall–Kier alpha value is -4.70. The van der Waals surface area contributed by atoms with Gasteiger partial charge >= 0.3 is 6.03 Å². The van der Waals surface area contributed by atoms with E-state index in [4.69, 9.17) is 0 Å². The number of fused-ring (bicyclic) bond motifs is 1. The lowest BCUT2D eigenvalue weighted by atomic mass is 10.0. The van der Waals surface area contributed by atoms with E-state index in [1.54, 1.807) is 24.3 Å². The molecule has 5 amide bonds. The molecule has 1 unspecified atom stereocenters. The van der Waals surface area contributed by atoms with Gasteiger partial charge in [-0.05, 0) is 59.0 Å². The largest absolute Gasteiger partial charge is 0.392 e. The first-order valence-electron chi connectivity index (χ1n) is 12.7. The molecule has 0 bridgehead atoms. The fourth-order valence-corrected chi connectivity index (χ4v) is 4.81. The van der Waals surface area contributed by atoms with Crippen molar-refractivity contribution in [3.8, 4) is 0 Å². The highest BCUT2D eigenvalue weighted by molar-refractivity contribution is 6.05. The van der Waals surface area contributed by atoms with Gasteiger partial charge in [0.05, 0.1) is 6.61 Å². The second kappa shape index (κ2) is 11.4. The zero-order valence-corrected chi connectivity index (χ0v) is 21.2. The van der Waals surface area contributed by atoms with Gasteiger partial charge in [-0.1, -0.05) is 36.4 Å². The van der Waals surface area contributed by atoms with Crippen LogP contribution in [-0.2, 0) is 35.8 Å². The quantitative estimate of drug-likeness (QED) is 0.286. The van der Waals surface area contributed by atoms with Gasteiger partial charge in [-0.3, -0.25) is 19.7 Å². The summed E-state index contributed by atoms with van der Waals surface area (Å²) in [6, 6.07) is 19.4. The first-order valence-corrected chi connectivity index (χ1v) is 12.7. The number of hydrogen-bond acceptors (Lipinski definition) is 6. The number of benzene rings is 3. The van der Waals surface area contributed by atoms with Gasteiger partial charge < -0.3 is 26.0 Å². The molecule has 10 heteroatoms. The molecule has 3 aromatic rings.